The van der Waals surface area contributed by atoms with E-state index in [4.69, 9.17) is 9.47 Å². The minimum absolute atomic E-state index is 0.0136. The van der Waals surface area contributed by atoms with Crippen LogP contribution in [0.1, 0.15) is 13.3 Å². The predicted octanol–water partition coefficient (Wildman–Crippen LogP) is 1.16. The van der Waals surface area contributed by atoms with Crippen LogP contribution in [0.25, 0.3) is 0 Å². The van der Waals surface area contributed by atoms with Gasteiger partial charge in [-0.25, -0.2) is 0 Å². The van der Waals surface area contributed by atoms with E-state index in [-0.39, 0.29) is 29.9 Å². The van der Waals surface area contributed by atoms with Crippen molar-refractivity contribution in [2.24, 2.45) is 23.7 Å². The summed E-state index contributed by atoms with van der Waals surface area (Å²) < 4.78 is 10.9. The molecule has 1 heterocycles. The van der Waals surface area contributed by atoms with Crippen LogP contribution in [0.4, 0.5) is 0 Å². The lowest BCUT2D eigenvalue weighted by atomic mass is 9.80. The zero-order valence-corrected chi connectivity index (χ0v) is 11.0. The summed E-state index contributed by atoms with van der Waals surface area (Å²) in [5.41, 5.74) is 0. The van der Waals surface area contributed by atoms with Crippen molar-refractivity contribution in [1.29, 1.82) is 0 Å². The molecule has 1 aliphatic heterocycles. The van der Waals surface area contributed by atoms with E-state index >= 15 is 0 Å². The molecule has 3 aliphatic rings. The molecule has 0 aromatic heterocycles. The van der Waals surface area contributed by atoms with Crippen molar-refractivity contribution in [1.82, 2.24) is 0 Å². The Kier molecular flexibility index (Phi) is 2.42. The second-order valence-electron chi connectivity index (χ2n) is 4.90. The largest absolute Gasteiger partial charge is 0.466 e. The summed E-state index contributed by atoms with van der Waals surface area (Å²) in [6.45, 7) is 1.78. The first-order valence-corrected chi connectivity index (χ1v) is 6.82. The summed E-state index contributed by atoms with van der Waals surface area (Å²) >= 11 is 2.38. The molecule has 0 radical (unpaired) electrons. The molecule has 0 spiro atoms. The van der Waals surface area contributed by atoms with Crippen molar-refractivity contribution in [2.75, 3.05) is 6.61 Å². The van der Waals surface area contributed by atoms with Gasteiger partial charge in [0.05, 0.1) is 16.4 Å². The second kappa shape index (κ2) is 3.58. The zero-order valence-electron chi connectivity index (χ0n) is 8.89. The van der Waals surface area contributed by atoms with Crippen LogP contribution in [-0.4, -0.2) is 28.6 Å². The fraction of sp³-hybridized carbons (Fsp3) is 0.818. The van der Waals surface area contributed by atoms with E-state index < -0.39 is 0 Å². The molecule has 2 aliphatic carbocycles. The van der Waals surface area contributed by atoms with Crippen molar-refractivity contribution in [2.45, 2.75) is 23.4 Å². The lowest BCUT2D eigenvalue weighted by Gasteiger charge is -2.27. The first kappa shape index (κ1) is 10.8. The summed E-state index contributed by atoms with van der Waals surface area (Å²) in [5.74, 6) is 0.679. The van der Waals surface area contributed by atoms with Gasteiger partial charge in [0.25, 0.3) is 0 Å². The van der Waals surface area contributed by atoms with Gasteiger partial charge in [-0.3, -0.25) is 9.59 Å². The lowest BCUT2D eigenvalue weighted by Crippen LogP contribution is -2.36. The van der Waals surface area contributed by atoms with Crippen molar-refractivity contribution in [3.63, 3.8) is 0 Å². The van der Waals surface area contributed by atoms with Crippen LogP contribution in [0, 0.1) is 23.7 Å². The molecule has 4 nitrogen and oxygen atoms in total. The van der Waals surface area contributed by atoms with Crippen LogP contribution in [0.3, 0.4) is 0 Å². The number of ether oxygens (including phenoxy) is 2. The Balaban J connectivity index is 1.80. The zero-order chi connectivity index (χ0) is 11.4. The first-order chi connectivity index (χ1) is 7.59. The fourth-order valence-electron chi connectivity index (χ4n) is 3.56. The molecule has 88 valence electrons. The highest BCUT2D eigenvalue weighted by Crippen LogP contribution is 2.59. The smallest absolute Gasteiger partial charge is 0.310 e. The van der Waals surface area contributed by atoms with Gasteiger partial charge in [0.2, 0.25) is 0 Å². The van der Waals surface area contributed by atoms with Gasteiger partial charge in [-0.05, 0) is 12.3 Å². The first-order valence-electron chi connectivity index (χ1n) is 5.57. The summed E-state index contributed by atoms with van der Waals surface area (Å²) in [6.07, 6.45) is 1.18. The van der Waals surface area contributed by atoms with E-state index in [1.165, 1.54) is 6.92 Å². The molecule has 0 unspecified atom stereocenters. The normalized spacial score (nSPS) is 48.2. The average Bonchev–Trinajstić information content (AvgIpc) is 2.79. The van der Waals surface area contributed by atoms with Crippen molar-refractivity contribution < 1.29 is 19.1 Å². The molecule has 1 saturated heterocycles. The molecule has 2 bridgehead atoms. The highest BCUT2D eigenvalue weighted by atomic mass is 127. The lowest BCUT2D eigenvalue weighted by molar-refractivity contribution is -0.148. The van der Waals surface area contributed by atoms with Crippen molar-refractivity contribution in [3.05, 3.63) is 0 Å². The second-order valence-corrected chi connectivity index (χ2v) is 6.34. The molecule has 0 aromatic rings. The summed E-state index contributed by atoms with van der Waals surface area (Å²) in [7, 11) is 0. The Morgan fingerprint density at radius 1 is 1.56 bits per heavy atom. The van der Waals surface area contributed by atoms with Crippen LogP contribution >= 0.6 is 22.6 Å². The number of halogens is 1. The number of hydrogen-bond donors (Lipinski definition) is 0. The molecule has 16 heavy (non-hydrogen) atoms. The van der Waals surface area contributed by atoms with E-state index in [0.29, 0.717) is 22.4 Å². The van der Waals surface area contributed by atoms with E-state index in [1.54, 1.807) is 0 Å². The Labute approximate surface area is 107 Å². The maximum atomic E-state index is 11.7. The number of alkyl halides is 1. The van der Waals surface area contributed by atoms with Crippen molar-refractivity contribution in [3.8, 4) is 0 Å². The van der Waals surface area contributed by atoms with E-state index in [2.05, 4.69) is 22.6 Å². The maximum absolute atomic E-state index is 11.7. The van der Waals surface area contributed by atoms with Gasteiger partial charge in [-0.1, -0.05) is 22.6 Å². The molecule has 3 rings (SSSR count). The van der Waals surface area contributed by atoms with Crippen LogP contribution in [0.2, 0.25) is 0 Å². The fourth-order valence-corrected chi connectivity index (χ4v) is 5.07. The Morgan fingerprint density at radius 2 is 2.31 bits per heavy atom. The highest BCUT2D eigenvalue weighted by molar-refractivity contribution is 14.1. The van der Waals surface area contributed by atoms with Gasteiger partial charge < -0.3 is 9.47 Å². The Bertz CT molecular complexity index is 356. The SMILES string of the molecule is CC(=O)OC[C@H]1[C@@H]2C[C@H]3[C@H](OC(=O)[C@H]13)[C@H]2I. The number of rotatable bonds is 2. The summed E-state index contributed by atoms with van der Waals surface area (Å²) in [6, 6.07) is 0. The van der Waals surface area contributed by atoms with Crippen LogP contribution < -0.4 is 0 Å². The topological polar surface area (TPSA) is 52.6 Å². The van der Waals surface area contributed by atoms with Crippen LogP contribution in [-0.2, 0) is 19.1 Å². The van der Waals surface area contributed by atoms with E-state index in [1.807, 2.05) is 0 Å². The van der Waals surface area contributed by atoms with E-state index in [9.17, 15) is 9.59 Å². The number of esters is 2. The van der Waals surface area contributed by atoms with Crippen LogP contribution in [0.5, 0.6) is 0 Å². The van der Waals surface area contributed by atoms with Crippen molar-refractivity contribution >= 4 is 34.5 Å². The molecule has 0 N–H and O–H groups in total. The summed E-state index contributed by atoms with van der Waals surface area (Å²) in [5, 5.41) is 0. The standard InChI is InChI=1S/C11H13IO4/c1-4(13)15-3-7-5-2-6-8(7)11(14)16-10(6)9(5)12/h5-10H,2-3H2,1H3/t5-,6+,7-,8-,9-,10-/m0/s1. The van der Waals surface area contributed by atoms with Gasteiger partial charge in [-0.15, -0.1) is 0 Å². The Morgan fingerprint density at radius 3 is 3.00 bits per heavy atom. The minimum Gasteiger partial charge on any atom is -0.466 e. The van der Waals surface area contributed by atoms with Gasteiger partial charge in [-0.2, -0.15) is 0 Å². The summed E-state index contributed by atoms with van der Waals surface area (Å²) in [4.78, 5) is 22.6. The predicted molar refractivity (Wildman–Crippen MR) is 62.9 cm³/mol. The third-order valence-electron chi connectivity index (χ3n) is 4.17. The van der Waals surface area contributed by atoms with E-state index in [0.717, 1.165) is 6.42 Å². The molecule has 2 saturated carbocycles. The number of fused-ring (bicyclic) bond motifs is 1. The maximum Gasteiger partial charge on any atom is 0.310 e. The quantitative estimate of drug-likeness (QED) is 0.431. The minimum atomic E-state index is -0.268. The molecule has 0 amide bonds. The number of carbonyl (C=O) groups is 2. The number of hydrogen-bond acceptors (Lipinski definition) is 4. The number of carbonyl (C=O) groups excluding carboxylic acids is 2. The molecule has 3 fully saturated rings. The van der Waals surface area contributed by atoms with Gasteiger partial charge in [0, 0.05) is 18.8 Å². The average molecular weight is 336 g/mol. The van der Waals surface area contributed by atoms with Gasteiger partial charge >= 0.3 is 11.9 Å². The molecular weight excluding hydrogens is 323 g/mol. The molecule has 0 aromatic carbocycles. The molecule has 5 heteroatoms. The Hall–Kier alpha value is -0.330. The van der Waals surface area contributed by atoms with Crippen LogP contribution in [0.15, 0.2) is 0 Å². The monoisotopic (exact) mass is 336 g/mol. The van der Waals surface area contributed by atoms with Gasteiger partial charge in [0.15, 0.2) is 0 Å². The highest BCUT2D eigenvalue weighted by Gasteiger charge is 2.65. The third-order valence-corrected chi connectivity index (χ3v) is 5.80. The van der Waals surface area contributed by atoms with Gasteiger partial charge in [0.1, 0.15) is 6.10 Å². The molecular formula is C11H13IO4. The molecule has 6 atom stereocenters. The third kappa shape index (κ3) is 1.33.